The van der Waals surface area contributed by atoms with Gasteiger partial charge in [0, 0.05) is 19.6 Å². The highest BCUT2D eigenvalue weighted by atomic mass is 16.5. The molecule has 0 bridgehead atoms. The second kappa shape index (κ2) is 6.04. The normalized spacial score (nSPS) is 33.8. The molecular weight excluding hydrogens is 226 g/mol. The maximum atomic E-state index is 11.0. The molecule has 2 fully saturated rings. The predicted molar refractivity (Wildman–Crippen MR) is 70.0 cm³/mol. The third kappa shape index (κ3) is 2.70. The lowest BCUT2D eigenvalue weighted by molar-refractivity contribution is -0.0806. The maximum Gasteiger partial charge on any atom is 0.0861 e. The third-order valence-electron chi connectivity index (χ3n) is 4.85. The van der Waals surface area contributed by atoms with E-state index < -0.39 is 11.0 Å². The van der Waals surface area contributed by atoms with Gasteiger partial charge in [-0.15, -0.1) is 0 Å². The standard InChI is InChI=1S/C15H25NO2/c16-13-14(7-4-2-1-3-5-8-14)15(17)9-6-11-18-12-10-15/h17H,1-12H2. The van der Waals surface area contributed by atoms with Crippen LogP contribution in [-0.2, 0) is 4.74 Å². The fourth-order valence-corrected chi connectivity index (χ4v) is 3.60. The summed E-state index contributed by atoms with van der Waals surface area (Å²) in [5, 5.41) is 20.8. The van der Waals surface area contributed by atoms with Crippen molar-refractivity contribution in [3.63, 3.8) is 0 Å². The molecule has 1 aliphatic carbocycles. The van der Waals surface area contributed by atoms with E-state index in [1.807, 2.05) is 0 Å². The Balaban J connectivity index is 2.19. The molecule has 1 atom stereocenters. The van der Waals surface area contributed by atoms with Crippen LogP contribution in [0.25, 0.3) is 0 Å². The lowest BCUT2D eigenvalue weighted by atomic mass is 9.63. The quantitative estimate of drug-likeness (QED) is 0.778. The molecule has 1 saturated carbocycles. The molecule has 0 aromatic carbocycles. The first-order valence-electron chi connectivity index (χ1n) is 7.44. The monoisotopic (exact) mass is 251 g/mol. The molecule has 3 heteroatoms. The molecule has 0 aromatic heterocycles. The van der Waals surface area contributed by atoms with Gasteiger partial charge in [0.15, 0.2) is 0 Å². The predicted octanol–water partition coefficient (Wildman–Crippen LogP) is 3.17. The highest BCUT2D eigenvalue weighted by Gasteiger charge is 2.49. The third-order valence-corrected chi connectivity index (χ3v) is 4.85. The smallest absolute Gasteiger partial charge is 0.0861 e. The Kier molecular flexibility index (Phi) is 4.64. The van der Waals surface area contributed by atoms with E-state index in [4.69, 9.17) is 4.74 Å². The van der Waals surface area contributed by atoms with Crippen LogP contribution in [-0.4, -0.2) is 23.9 Å². The van der Waals surface area contributed by atoms with Gasteiger partial charge in [-0.3, -0.25) is 0 Å². The van der Waals surface area contributed by atoms with Crippen molar-refractivity contribution in [1.29, 1.82) is 5.26 Å². The molecule has 3 nitrogen and oxygen atoms in total. The van der Waals surface area contributed by atoms with Gasteiger partial charge in [0.25, 0.3) is 0 Å². The summed E-state index contributed by atoms with van der Waals surface area (Å²) in [6, 6.07) is 2.52. The first kappa shape index (κ1) is 13.8. The van der Waals surface area contributed by atoms with Crippen LogP contribution in [0, 0.1) is 16.7 Å². The Morgan fingerprint density at radius 2 is 1.50 bits per heavy atom. The Bertz CT molecular complexity index is 292. The maximum absolute atomic E-state index is 11.0. The molecule has 18 heavy (non-hydrogen) atoms. The zero-order valence-electron chi connectivity index (χ0n) is 11.3. The van der Waals surface area contributed by atoms with Crippen molar-refractivity contribution >= 4 is 0 Å². The van der Waals surface area contributed by atoms with Crippen LogP contribution in [0.5, 0.6) is 0 Å². The van der Waals surface area contributed by atoms with Crippen LogP contribution < -0.4 is 0 Å². The van der Waals surface area contributed by atoms with Crippen LogP contribution in [0.1, 0.15) is 64.2 Å². The van der Waals surface area contributed by atoms with Crippen LogP contribution in [0.2, 0.25) is 0 Å². The fraction of sp³-hybridized carbons (Fsp3) is 0.933. The molecule has 102 valence electrons. The number of hydrogen-bond donors (Lipinski definition) is 1. The Morgan fingerprint density at radius 1 is 0.833 bits per heavy atom. The number of nitriles is 1. The summed E-state index contributed by atoms with van der Waals surface area (Å²) in [4.78, 5) is 0. The van der Waals surface area contributed by atoms with Crippen molar-refractivity contribution < 1.29 is 9.84 Å². The van der Waals surface area contributed by atoms with Gasteiger partial charge in [0.2, 0.25) is 0 Å². The number of aliphatic hydroxyl groups is 1. The number of nitrogens with zero attached hydrogens (tertiary/aromatic N) is 1. The Labute approximate surface area is 110 Å². The first-order chi connectivity index (χ1) is 8.72. The van der Waals surface area contributed by atoms with Crippen molar-refractivity contribution in [1.82, 2.24) is 0 Å². The molecule has 2 rings (SSSR count). The Morgan fingerprint density at radius 3 is 2.17 bits per heavy atom. The van der Waals surface area contributed by atoms with Gasteiger partial charge < -0.3 is 9.84 Å². The average Bonchev–Trinajstić information content (AvgIpc) is 2.55. The van der Waals surface area contributed by atoms with E-state index in [0.29, 0.717) is 13.0 Å². The molecule has 1 saturated heterocycles. The van der Waals surface area contributed by atoms with Crippen molar-refractivity contribution in [2.75, 3.05) is 13.2 Å². The van der Waals surface area contributed by atoms with Gasteiger partial charge in [-0.2, -0.15) is 5.26 Å². The van der Waals surface area contributed by atoms with E-state index in [0.717, 1.165) is 45.1 Å². The largest absolute Gasteiger partial charge is 0.388 e. The molecule has 1 aliphatic heterocycles. The zero-order chi connectivity index (χ0) is 12.9. The first-order valence-corrected chi connectivity index (χ1v) is 7.44. The van der Waals surface area contributed by atoms with Gasteiger partial charge in [0.1, 0.15) is 0 Å². The lowest BCUT2D eigenvalue weighted by Crippen LogP contribution is -2.48. The highest BCUT2D eigenvalue weighted by molar-refractivity contribution is 5.12. The zero-order valence-corrected chi connectivity index (χ0v) is 11.3. The van der Waals surface area contributed by atoms with Crippen molar-refractivity contribution in [2.24, 2.45) is 5.41 Å². The lowest BCUT2D eigenvalue weighted by Gasteiger charge is -2.43. The van der Waals surface area contributed by atoms with E-state index in [-0.39, 0.29) is 0 Å². The fourth-order valence-electron chi connectivity index (χ4n) is 3.60. The summed E-state index contributed by atoms with van der Waals surface area (Å²) in [7, 11) is 0. The highest BCUT2D eigenvalue weighted by Crippen LogP contribution is 2.47. The number of hydrogen-bond acceptors (Lipinski definition) is 3. The van der Waals surface area contributed by atoms with Gasteiger partial charge >= 0.3 is 0 Å². The molecule has 0 aromatic rings. The summed E-state index contributed by atoms with van der Waals surface area (Å²) < 4.78 is 5.46. The molecule has 0 radical (unpaired) electrons. The van der Waals surface area contributed by atoms with E-state index in [1.165, 1.54) is 19.3 Å². The minimum Gasteiger partial charge on any atom is -0.388 e. The molecule has 0 spiro atoms. The van der Waals surface area contributed by atoms with Gasteiger partial charge in [0.05, 0.1) is 17.1 Å². The molecule has 1 unspecified atom stereocenters. The van der Waals surface area contributed by atoms with Gasteiger partial charge in [-0.05, 0) is 25.7 Å². The van der Waals surface area contributed by atoms with Crippen molar-refractivity contribution in [3.8, 4) is 6.07 Å². The summed E-state index contributed by atoms with van der Waals surface area (Å²) in [5.41, 5.74) is -1.35. The molecular formula is C15H25NO2. The Hall–Kier alpha value is -0.590. The average molecular weight is 251 g/mol. The summed E-state index contributed by atoms with van der Waals surface area (Å²) in [6.07, 6.45) is 9.80. The van der Waals surface area contributed by atoms with Gasteiger partial charge in [-0.1, -0.05) is 32.1 Å². The van der Waals surface area contributed by atoms with E-state index in [9.17, 15) is 10.4 Å². The van der Waals surface area contributed by atoms with Gasteiger partial charge in [-0.25, -0.2) is 0 Å². The topological polar surface area (TPSA) is 53.2 Å². The van der Waals surface area contributed by atoms with Crippen LogP contribution in [0.4, 0.5) is 0 Å². The van der Waals surface area contributed by atoms with E-state index in [1.54, 1.807) is 0 Å². The summed E-state index contributed by atoms with van der Waals surface area (Å²) in [6.45, 7) is 1.32. The van der Waals surface area contributed by atoms with Crippen LogP contribution in [0.15, 0.2) is 0 Å². The van der Waals surface area contributed by atoms with Crippen LogP contribution >= 0.6 is 0 Å². The van der Waals surface area contributed by atoms with E-state index >= 15 is 0 Å². The van der Waals surface area contributed by atoms with Crippen LogP contribution in [0.3, 0.4) is 0 Å². The van der Waals surface area contributed by atoms with Crippen molar-refractivity contribution in [2.45, 2.75) is 69.8 Å². The SMILES string of the molecule is N#CC1(C2(O)CCCOCC2)CCCCCCC1. The second-order valence-electron chi connectivity index (χ2n) is 5.96. The molecule has 1 heterocycles. The minimum absolute atomic E-state index is 0.527. The minimum atomic E-state index is -0.824. The molecule has 1 N–H and O–H groups in total. The number of rotatable bonds is 1. The summed E-state index contributed by atoms with van der Waals surface area (Å²) >= 11 is 0. The van der Waals surface area contributed by atoms with Crippen molar-refractivity contribution in [3.05, 3.63) is 0 Å². The molecule has 2 aliphatic rings. The van der Waals surface area contributed by atoms with E-state index in [2.05, 4.69) is 6.07 Å². The molecule has 0 amide bonds. The summed E-state index contributed by atoms with van der Waals surface area (Å²) in [5.74, 6) is 0. The second-order valence-corrected chi connectivity index (χ2v) is 5.96. The number of ether oxygens (including phenoxy) is 1.